The number of carboxylic acids is 1. The molecule has 0 aliphatic carbocycles. The molecule has 0 saturated carbocycles. The van der Waals surface area contributed by atoms with Gasteiger partial charge in [-0.3, -0.25) is 15.0 Å². The molecular formula is C16H16N8O5S4. The van der Waals surface area contributed by atoms with Gasteiger partial charge in [0.05, 0.1) is 0 Å². The molecule has 33 heavy (non-hydrogen) atoms. The number of thiazole rings is 1. The highest BCUT2D eigenvalue weighted by molar-refractivity contribution is 8.01. The molecule has 174 valence electrons. The predicted octanol–water partition coefficient (Wildman–Crippen LogP) is 0.599. The van der Waals surface area contributed by atoms with Crippen LogP contribution in [0.5, 0.6) is 0 Å². The Morgan fingerprint density at radius 2 is 2.27 bits per heavy atom. The second-order valence-electron chi connectivity index (χ2n) is 6.43. The maximum absolute atomic E-state index is 12.8. The summed E-state index contributed by atoms with van der Waals surface area (Å²) in [6.07, 6.45) is 0. The molecule has 0 spiro atoms. The van der Waals surface area contributed by atoms with E-state index in [0.29, 0.717) is 27.1 Å². The molecule has 2 atom stereocenters. The van der Waals surface area contributed by atoms with Crippen molar-refractivity contribution in [2.75, 3.05) is 24.3 Å². The number of nitrogen functional groups attached to an aromatic ring is 1. The highest BCUT2D eigenvalue weighted by atomic mass is 32.2. The van der Waals surface area contributed by atoms with Crippen LogP contribution in [0.25, 0.3) is 0 Å². The summed E-state index contributed by atoms with van der Waals surface area (Å²) in [5.41, 5.74) is 8.06. The fourth-order valence-corrected chi connectivity index (χ4v) is 6.60. The van der Waals surface area contributed by atoms with Crippen LogP contribution in [0.15, 0.2) is 31.7 Å². The van der Waals surface area contributed by atoms with Gasteiger partial charge in [0.1, 0.15) is 35.4 Å². The molecule has 5 N–H and O–H groups in total. The van der Waals surface area contributed by atoms with Gasteiger partial charge in [-0.05, 0) is 5.57 Å². The number of carbonyl (C=O) groups is 3. The number of oxime groups is 1. The fourth-order valence-electron chi connectivity index (χ4n) is 3.08. The number of fused-ring (bicyclic) bond motifs is 1. The fraction of sp³-hybridized carbons (Fsp3) is 0.312. The summed E-state index contributed by atoms with van der Waals surface area (Å²) in [5, 5.41) is 27.5. The average Bonchev–Trinajstić information content (AvgIpc) is 3.46. The Kier molecular flexibility index (Phi) is 7.01. The summed E-state index contributed by atoms with van der Waals surface area (Å²) in [7, 11) is 1.31. The molecule has 0 bridgehead atoms. The van der Waals surface area contributed by atoms with Gasteiger partial charge in [-0.2, -0.15) is 0 Å². The minimum atomic E-state index is -1.19. The molecule has 2 aliphatic heterocycles. The van der Waals surface area contributed by atoms with Crippen LogP contribution >= 0.6 is 46.2 Å². The summed E-state index contributed by atoms with van der Waals surface area (Å²) in [4.78, 5) is 47.2. The highest BCUT2D eigenvalue weighted by Gasteiger charge is 2.54. The smallest absolute Gasteiger partial charge is 0.352 e. The van der Waals surface area contributed by atoms with E-state index in [1.807, 2.05) is 0 Å². The third kappa shape index (κ3) is 4.90. The number of amides is 3. The molecule has 4 rings (SSSR count). The molecule has 1 fully saturated rings. The minimum Gasteiger partial charge on any atom is -0.477 e. The minimum absolute atomic E-state index is 0.0185. The number of β-lactam (4-membered cyclic amide) rings is 1. The second-order valence-corrected chi connectivity index (χ2v) is 10.5. The molecule has 4 heterocycles. The Morgan fingerprint density at radius 3 is 2.91 bits per heavy atom. The molecule has 2 aromatic rings. The van der Waals surface area contributed by atoms with Crippen molar-refractivity contribution in [3.63, 3.8) is 0 Å². The SMILES string of the molecule is CO/N=C(/NC(=O)NC1C(=O)N2C(C(=O)O)=C(CSc3nncs3)CS[C@H]12)c1csc(N)n1. The normalized spacial score (nSPS) is 20.2. The number of carboxylic acid groups (broad SMARTS) is 1. The monoisotopic (exact) mass is 528 g/mol. The summed E-state index contributed by atoms with van der Waals surface area (Å²) in [5.74, 6) is -0.922. The van der Waals surface area contributed by atoms with Crippen LogP contribution in [-0.4, -0.2) is 79.0 Å². The maximum atomic E-state index is 12.8. The number of hydrogen-bond donors (Lipinski definition) is 4. The van der Waals surface area contributed by atoms with Crippen molar-refractivity contribution in [2.45, 2.75) is 15.8 Å². The Morgan fingerprint density at radius 1 is 1.45 bits per heavy atom. The van der Waals surface area contributed by atoms with Crippen LogP contribution in [0.4, 0.5) is 9.93 Å². The zero-order chi connectivity index (χ0) is 23.5. The van der Waals surface area contributed by atoms with Gasteiger partial charge in [0.15, 0.2) is 15.3 Å². The number of carbonyl (C=O) groups excluding carboxylic acids is 2. The number of amidine groups is 1. The number of hydrogen-bond acceptors (Lipinski definition) is 13. The van der Waals surface area contributed by atoms with Crippen LogP contribution in [-0.2, 0) is 14.4 Å². The topological polar surface area (TPSA) is 185 Å². The lowest BCUT2D eigenvalue weighted by atomic mass is 10.0. The first-order chi connectivity index (χ1) is 15.9. The Hall–Kier alpha value is -2.89. The quantitative estimate of drug-likeness (QED) is 0.130. The van der Waals surface area contributed by atoms with Crippen molar-refractivity contribution in [1.29, 1.82) is 0 Å². The first-order valence-electron chi connectivity index (χ1n) is 9.08. The molecule has 13 nitrogen and oxygen atoms in total. The molecule has 17 heteroatoms. The van der Waals surface area contributed by atoms with Gasteiger partial charge in [0.25, 0.3) is 5.91 Å². The number of rotatable bonds is 7. The van der Waals surface area contributed by atoms with Crippen LogP contribution in [0, 0.1) is 0 Å². The van der Waals surface area contributed by atoms with Gasteiger partial charge in [-0.25, -0.2) is 14.6 Å². The summed E-state index contributed by atoms with van der Waals surface area (Å²) < 4.78 is 0.709. The van der Waals surface area contributed by atoms with E-state index in [1.54, 1.807) is 10.9 Å². The van der Waals surface area contributed by atoms with Gasteiger partial charge in [0.2, 0.25) is 0 Å². The number of urea groups is 1. The van der Waals surface area contributed by atoms with E-state index in [4.69, 9.17) is 10.6 Å². The highest BCUT2D eigenvalue weighted by Crippen LogP contribution is 2.41. The van der Waals surface area contributed by atoms with Crippen molar-refractivity contribution in [3.8, 4) is 0 Å². The first kappa shape index (κ1) is 23.3. The van der Waals surface area contributed by atoms with Crippen LogP contribution in [0.2, 0.25) is 0 Å². The van der Waals surface area contributed by atoms with Gasteiger partial charge < -0.3 is 21.0 Å². The third-order valence-corrected chi connectivity index (χ3v) is 8.39. The molecular weight excluding hydrogens is 512 g/mol. The standard InChI is InChI=1S/C16H16N8O5S4/c1-29-23-10(7-4-31-14(17)19-7)21-15(28)20-8-11(25)24-9(13(26)27)6(2-30-12(8)24)3-32-16-22-18-5-33-16/h4-5,8,12H,2-3H2,1H3,(H2,17,19)(H,26,27)(H2,20,21,23,28)/t8?,12-/m1/s1. The number of thioether (sulfide) groups is 2. The lowest BCUT2D eigenvalue weighted by Gasteiger charge is -2.49. The molecule has 2 aromatic heterocycles. The molecule has 2 aliphatic rings. The molecule has 3 amide bonds. The number of nitrogens with zero attached hydrogens (tertiary/aromatic N) is 5. The largest absolute Gasteiger partial charge is 0.477 e. The summed E-state index contributed by atoms with van der Waals surface area (Å²) in [6.45, 7) is 0. The van der Waals surface area contributed by atoms with Gasteiger partial charge in [-0.15, -0.1) is 33.3 Å². The van der Waals surface area contributed by atoms with E-state index in [0.717, 1.165) is 11.3 Å². The van der Waals surface area contributed by atoms with Crippen molar-refractivity contribution < 1.29 is 24.3 Å². The predicted molar refractivity (Wildman–Crippen MR) is 124 cm³/mol. The van der Waals surface area contributed by atoms with Gasteiger partial charge in [0, 0.05) is 16.9 Å². The van der Waals surface area contributed by atoms with Gasteiger partial charge >= 0.3 is 12.0 Å². The summed E-state index contributed by atoms with van der Waals surface area (Å²) in [6, 6.07) is -1.61. The maximum Gasteiger partial charge on any atom is 0.352 e. The molecule has 0 aromatic carbocycles. The number of aliphatic carboxylic acids is 1. The zero-order valence-electron chi connectivity index (χ0n) is 16.8. The van der Waals surface area contributed by atoms with Crippen LogP contribution in [0.1, 0.15) is 5.69 Å². The van der Waals surface area contributed by atoms with E-state index in [1.165, 1.54) is 46.9 Å². The van der Waals surface area contributed by atoms with Crippen molar-refractivity contribution >= 4 is 75.1 Å². The summed E-state index contributed by atoms with van der Waals surface area (Å²) >= 11 is 5.25. The van der Waals surface area contributed by atoms with Crippen molar-refractivity contribution in [3.05, 3.63) is 27.9 Å². The van der Waals surface area contributed by atoms with E-state index >= 15 is 0 Å². The number of anilines is 1. The number of nitrogens with one attached hydrogen (secondary N) is 2. The van der Waals surface area contributed by atoms with Gasteiger partial charge in [-0.1, -0.05) is 28.3 Å². The van der Waals surface area contributed by atoms with E-state index < -0.39 is 29.3 Å². The lowest BCUT2D eigenvalue weighted by Crippen LogP contribution is -2.71. The molecule has 0 radical (unpaired) electrons. The van der Waals surface area contributed by atoms with Crippen molar-refractivity contribution in [1.82, 2.24) is 30.7 Å². The second kappa shape index (κ2) is 9.94. The first-order valence-corrected chi connectivity index (χ1v) is 12.9. The van der Waals surface area contributed by atoms with E-state index in [2.05, 4.69) is 31.0 Å². The number of aromatic nitrogens is 3. The number of nitrogens with two attached hydrogens (primary N) is 1. The Labute approximate surface area is 202 Å². The molecule has 1 saturated heterocycles. The van der Waals surface area contributed by atoms with E-state index in [9.17, 15) is 19.5 Å². The third-order valence-electron chi connectivity index (χ3n) is 4.43. The van der Waals surface area contributed by atoms with Crippen LogP contribution in [0.3, 0.4) is 0 Å². The Balaban J connectivity index is 1.43. The van der Waals surface area contributed by atoms with Crippen molar-refractivity contribution in [2.24, 2.45) is 5.16 Å². The molecule has 1 unspecified atom stereocenters. The van der Waals surface area contributed by atoms with Crippen LogP contribution < -0.4 is 16.4 Å². The average molecular weight is 529 g/mol. The van der Waals surface area contributed by atoms with E-state index in [-0.39, 0.29) is 16.7 Å². The zero-order valence-corrected chi connectivity index (χ0v) is 20.0. The Bertz CT molecular complexity index is 1130. The lowest BCUT2D eigenvalue weighted by molar-refractivity contribution is -0.148.